The first-order valence-electron chi connectivity index (χ1n) is 6.80. The molecule has 17 heteroatoms. The normalized spacial score (nSPS) is 33.9. The van der Waals surface area contributed by atoms with Gasteiger partial charge in [0.05, 0.1) is 12.7 Å². The quantitative estimate of drug-likeness (QED) is 0.180. The van der Waals surface area contributed by atoms with Gasteiger partial charge < -0.3 is 35.0 Å². The average Bonchev–Trinajstić information content (AvgIpc) is 2.96. The van der Waals surface area contributed by atoms with E-state index in [1.54, 1.807) is 6.92 Å². The van der Waals surface area contributed by atoms with E-state index in [4.69, 9.17) is 25.5 Å². The van der Waals surface area contributed by atoms with Crippen molar-refractivity contribution < 1.29 is 96.0 Å². The number of hydrogen-bond acceptors (Lipinski definition) is 9. The molecule has 2 fully saturated rings. The fourth-order valence-electron chi connectivity index (χ4n) is 1.91. The molecule has 2 saturated heterocycles. The number of alkyl halides is 4. The van der Waals surface area contributed by atoms with Gasteiger partial charge in [-0.1, -0.05) is 30.5 Å². The van der Waals surface area contributed by atoms with Gasteiger partial charge in [0.15, 0.2) is 6.10 Å². The molecule has 2 unspecified atom stereocenters. The Kier molecular flexibility index (Phi) is 23.2. The second-order valence-corrected chi connectivity index (χ2v) is 4.88. The number of halogens is 4. The standard InChI is InChI=1S/C6H10F2O3.C5H8F2O4.2HPS.2Ti/c1-2-3-4(9)6(7,8)5(10)11-3;6-5(7)3(9)2(1-8)11-4(5)10;2*1-2;;/h3-5,9-10H,2H2,1H3;2-4,8-10H,1H2;2*1H;;/t3-,4-,5?;2-,3-,4?;;;;/m11..../s1. The maximum absolute atomic E-state index is 12.5. The van der Waals surface area contributed by atoms with Crippen LogP contribution >= 0.6 is 16.0 Å². The summed E-state index contributed by atoms with van der Waals surface area (Å²) in [5.74, 6) is -7.21. The molecule has 5 N–H and O–H groups in total. The van der Waals surface area contributed by atoms with E-state index in [1.165, 1.54) is 0 Å². The molecule has 2 heterocycles. The van der Waals surface area contributed by atoms with E-state index in [9.17, 15) is 17.6 Å². The molecule has 0 bridgehead atoms. The molecule has 0 spiro atoms. The Morgan fingerprint density at radius 3 is 1.18 bits per heavy atom. The van der Waals surface area contributed by atoms with E-state index in [0.717, 1.165) is 0 Å². The van der Waals surface area contributed by atoms with Crippen molar-refractivity contribution in [2.24, 2.45) is 0 Å². The third-order valence-corrected chi connectivity index (χ3v) is 3.34. The van der Waals surface area contributed by atoms with Crippen molar-refractivity contribution in [3.05, 3.63) is 0 Å². The van der Waals surface area contributed by atoms with Gasteiger partial charge in [-0.05, 0) is 22.5 Å². The largest absolute Gasteiger partial charge is 0.394 e. The minimum atomic E-state index is -3.69. The molecule has 0 aromatic carbocycles. The maximum atomic E-state index is 12.5. The zero-order chi connectivity index (χ0) is 21.3. The summed E-state index contributed by atoms with van der Waals surface area (Å²) in [7, 11) is 5.11. The van der Waals surface area contributed by atoms with Crippen LogP contribution in [0.2, 0.25) is 0 Å². The smallest absolute Gasteiger partial charge is 0.325 e. The molecule has 0 aromatic heterocycles. The number of aliphatic hydroxyl groups excluding tert-OH is 5. The summed E-state index contributed by atoms with van der Waals surface area (Å²) in [6, 6.07) is 0. The van der Waals surface area contributed by atoms with Crippen LogP contribution < -0.4 is 0 Å². The summed E-state index contributed by atoms with van der Waals surface area (Å²) in [5, 5.41) is 43.0. The second-order valence-electron chi connectivity index (χ2n) is 4.88. The fraction of sp³-hybridized carbons (Fsp3) is 1.00. The molecular weight excluding hydrogens is 542 g/mol. The Labute approximate surface area is 203 Å². The molecule has 0 aliphatic carbocycles. The maximum Gasteiger partial charge on any atom is 0.325 e. The molecule has 2 aliphatic rings. The van der Waals surface area contributed by atoms with E-state index in [2.05, 4.69) is 49.1 Å². The van der Waals surface area contributed by atoms with Crippen LogP contribution in [0.4, 0.5) is 17.6 Å². The van der Waals surface area contributed by atoms with E-state index in [1.807, 2.05) is 0 Å². The molecule has 7 nitrogen and oxygen atoms in total. The first-order valence-corrected chi connectivity index (χ1v) is 10.1. The minimum Gasteiger partial charge on any atom is -0.394 e. The topological polar surface area (TPSA) is 120 Å². The summed E-state index contributed by atoms with van der Waals surface area (Å²) in [5.41, 5.74) is 0. The SMILES string of the molecule is CC[C@H]1OC(O)C(F)(F)[C@@H]1O.OC[C@H]1OC(O)C(F)(F)[C@@H]1O.P=S.P=S.[Ti].[Ti]. The van der Waals surface area contributed by atoms with Crippen LogP contribution in [-0.4, -0.2) is 81.0 Å². The van der Waals surface area contributed by atoms with Gasteiger partial charge in [-0.25, -0.2) is 0 Å². The molecule has 2 rings (SSSR count). The monoisotopic (exact) mass is 562 g/mol. The molecular formula is C11H20F4O7P2S2Ti2. The Bertz CT molecular complexity index is 391. The molecule has 0 radical (unpaired) electrons. The molecule has 164 valence electrons. The summed E-state index contributed by atoms with van der Waals surface area (Å²) in [4.78, 5) is 0. The molecule has 28 heavy (non-hydrogen) atoms. The van der Waals surface area contributed by atoms with Crippen LogP contribution in [0.25, 0.3) is 0 Å². The Balaban J connectivity index is -0.000000165. The van der Waals surface area contributed by atoms with Crippen molar-refractivity contribution in [3.63, 3.8) is 0 Å². The molecule has 2 aliphatic heterocycles. The van der Waals surface area contributed by atoms with Gasteiger partial charge in [-0.2, -0.15) is 17.6 Å². The van der Waals surface area contributed by atoms with Crippen LogP contribution in [0.3, 0.4) is 0 Å². The average molecular weight is 562 g/mol. The first-order chi connectivity index (χ1) is 12.0. The van der Waals surface area contributed by atoms with Gasteiger partial charge in [0.25, 0.3) is 0 Å². The Morgan fingerprint density at radius 2 is 1.07 bits per heavy atom. The van der Waals surface area contributed by atoms with Crippen molar-refractivity contribution >= 4 is 39.6 Å². The Hall–Kier alpha value is 1.91. The van der Waals surface area contributed by atoms with Crippen molar-refractivity contribution in [2.75, 3.05) is 6.61 Å². The zero-order valence-electron chi connectivity index (χ0n) is 14.3. The van der Waals surface area contributed by atoms with Crippen molar-refractivity contribution in [3.8, 4) is 0 Å². The first kappa shape index (κ1) is 37.2. The van der Waals surface area contributed by atoms with Crippen LogP contribution in [0, 0.1) is 0 Å². The Morgan fingerprint density at radius 1 is 0.786 bits per heavy atom. The van der Waals surface area contributed by atoms with Crippen LogP contribution in [0.5, 0.6) is 0 Å². The van der Waals surface area contributed by atoms with E-state index >= 15 is 0 Å². The van der Waals surface area contributed by atoms with E-state index in [0.29, 0.717) is 0 Å². The van der Waals surface area contributed by atoms with Crippen LogP contribution in [0.15, 0.2) is 0 Å². The van der Waals surface area contributed by atoms with Gasteiger partial charge in [-0.3, -0.25) is 0 Å². The third kappa shape index (κ3) is 9.59. The predicted molar refractivity (Wildman–Crippen MR) is 92.4 cm³/mol. The van der Waals surface area contributed by atoms with Gasteiger partial charge >= 0.3 is 11.8 Å². The number of aliphatic hydroxyl groups is 5. The van der Waals surface area contributed by atoms with Crippen molar-refractivity contribution in [1.82, 2.24) is 0 Å². The van der Waals surface area contributed by atoms with Crippen LogP contribution in [-0.2, 0) is 76.5 Å². The van der Waals surface area contributed by atoms with Gasteiger partial charge in [0, 0.05) is 43.4 Å². The summed E-state index contributed by atoms with van der Waals surface area (Å²) in [6.07, 6.45) is -10.6. The van der Waals surface area contributed by atoms with E-state index < -0.39 is 55.4 Å². The molecule has 0 amide bonds. The number of ether oxygens (including phenoxy) is 2. The molecule has 0 aromatic rings. The number of rotatable bonds is 2. The predicted octanol–water partition coefficient (Wildman–Crippen LogP) is -0.0209. The van der Waals surface area contributed by atoms with Gasteiger partial charge in [0.1, 0.15) is 12.2 Å². The third-order valence-electron chi connectivity index (χ3n) is 3.34. The van der Waals surface area contributed by atoms with Crippen molar-refractivity contribution in [2.45, 2.75) is 62.2 Å². The fourth-order valence-corrected chi connectivity index (χ4v) is 1.91. The summed E-state index contributed by atoms with van der Waals surface area (Å²) in [6.45, 7) is 0.857. The molecule has 0 saturated carbocycles. The zero-order valence-corrected chi connectivity index (χ0v) is 21.0. The molecule has 6 atom stereocenters. The van der Waals surface area contributed by atoms with Gasteiger partial charge in [-0.15, -0.1) is 0 Å². The number of hydrogen-bond donors (Lipinski definition) is 5. The summed E-state index contributed by atoms with van der Waals surface area (Å²) < 4.78 is 58.5. The van der Waals surface area contributed by atoms with Crippen molar-refractivity contribution in [1.29, 1.82) is 0 Å². The minimum absolute atomic E-state index is 0. The van der Waals surface area contributed by atoms with Crippen LogP contribution in [0.1, 0.15) is 13.3 Å². The second kappa shape index (κ2) is 17.5. The van der Waals surface area contributed by atoms with E-state index in [-0.39, 0.29) is 49.9 Å². The van der Waals surface area contributed by atoms with Gasteiger partial charge in [0.2, 0.25) is 12.6 Å². The summed E-state index contributed by atoms with van der Waals surface area (Å²) >= 11 is 7.78.